The van der Waals surface area contributed by atoms with Gasteiger partial charge >= 0.3 is 5.97 Å². The largest absolute Gasteiger partial charge is 0.480 e. The molecule has 2 atom stereocenters. The normalized spacial score (nSPS) is 24.6. The maximum atomic E-state index is 12.1. The van der Waals surface area contributed by atoms with Gasteiger partial charge in [-0.1, -0.05) is 0 Å². The van der Waals surface area contributed by atoms with E-state index in [1.807, 2.05) is 0 Å². The second kappa shape index (κ2) is 4.58. The number of carbonyl (C=O) groups is 2. The van der Waals surface area contributed by atoms with Crippen molar-refractivity contribution in [3.8, 4) is 0 Å². The highest BCUT2D eigenvalue weighted by Crippen LogP contribution is 2.14. The van der Waals surface area contributed by atoms with Crippen LogP contribution >= 0.6 is 0 Å². The van der Waals surface area contributed by atoms with E-state index in [9.17, 15) is 9.59 Å². The fourth-order valence-electron chi connectivity index (χ4n) is 2.02. The molecule has 1 aromatic rings. The van der Waals surface area contributed by atoms with Crippen LogP contribution in [0.1, 0.15) is 17.5 Å². The van der Waals surface area contributed by atoms with Crippen molar-refractivity contribution in [2.24, 2.45) is 0 Å². The lowest BCUT2D eigenvalue weighted by Crippen LogP contribution is -2.61. The zero-order chi connectivity index (χ0) is 12.4. The fourth-order valence-corrected chi connectivity index (χ4v) is 2.02. The van der Waals surface area contributed by atoms with Gasteiger partial charge in [-0.2, -0.15) is 0 Å². The van der Waals surface area contributed by atoms with E-state index in [4.69, 9.17) is 9.52 Å². The van der Waals surface area contributed by atoms with Gasteiger partial charge in [0.1, 0.15) is 6.04 Å². The van der Waals surface area contributed by atoms with Gasteiger partial charge in [0.2, 0.25) is 0 Å². The molecule has 1 fully saturated rings. The lowest BCUT2D eigenvalue weighted by molar-refractivity contribution is -0.141. The smallest absolute Gasteiger partial charge is 0.322 e. The third-order valence-electron chi connectivity index (χ3n) is 2.95. The zero-order valence-electron chi connectivity index (χ0n) is 9.42. The Hall–Kier alpha value is -1.82. The number of furan rings is 1. The van der Waals surface area contributed by atoms with Crippen molar-refractivity contribution < 1.29 is 19.1 Å². The molecule has 0 bridgehead atoms. The highest BCUT2D eigenvalue weighted by molar-refractivity contribution is 5.92. The summed E-state index contributed by atoms with van der Waals surface area (Å²) in [6.45, 7) is 2.66. The first-order valence-electron chi connectivity index (χ1n) is 5.42. The molecule has 92 valence electrons. The van der Waals surface area contributed by atoms with Crippen LogP contribution in [0.15, 0.2) is 22.8 Å². The van der Waals surface area contributed by atoms with Crippen molar-refractivity contribution in [1.82, 2.24) is 10.2 Å². The predicted octanol–water partition coefficient (Wildman–Crippen LogP) is 0.167. The Morgan fingerprint density at radius 1 is 1.59 bits per heavy atom. The third-order valence-corrected chi connectivity index (χ3v) is 2.95. The Bertz CT molecular complexity index is 415. The summed E-state index contributed by atoms with van der Waals surface area (Å²) in [5.41, 5.74) is 0. The second-order valence-electron chi connectivity index (χ2n) is 3.99. The van der Waals surface area contributed by atoms with E-state index in [-0.39, 0.29) is 11.7 Å². The average molecular weight is 238 g/mol. The number of nitrogens with one attached hydrogen (secondary N) is 1. The molecule has 2 unspecified atom stereocenters. The van der Waals surface area contributed by atoms with Gasteiger partial charge in [-0.3, -0.25) is 9.59 Å². The van der Waals surface area contributed by atoms with Crippen molar-refractivity contribution in [1.29, 1.82) is 0 Å². The van der Waals surface area contributed by atoms with Crippen LogP contribution in [0.25, 0.3) is 0 Å². The molecular weight excluding hydrogens is 224 g/mol. The van der Waals surface area contributed by atoms with E-state index < -0.39 is 18.1 Å². The maximum absolute atomic E-state index is 12.1. The highest BCUT2D eigenvalue weighted by atomic mass is 16.4. The number of piperazine rings is 1. The van der Waals surface area contributed by atoms with Gasteiger partial charge in [0.15, 0.2) is 5.76 Å². The minimum Gasteiger partial charge on any atom is -0.480 e. The monoisotopic (exact) mass is 238 g/mol. The van der Waals surface area contributed by atoms with E-state index in [0.29, 0.717) is 13.1 Å². The van der Waals surface area contributed by atoms with E-state index in [1.54, 1.807) is 19.1 Å². The fraction of sp³-hybridized carbons (Fsp3) is 0.455. The van der Waals surface area contributed by atoms with Crippen molar-refractivity contribution in [3.05, 3.63) is 24.2 Å². The highest BCUT2D eigenvalue weighted by Gasteiger charge is 2.36. The minimum absolute atomic E-state index is 0.239. The molecule has 1 aliphatic rings. The van der Waals surface area contributed by atoms with E-state index in [2.05, 4.69) is 5.32 Å². The zero-order valence-corrected chi connectivity index (χ0v) is 9.42. The molecule has 2 rings (SSSR count). The quantitative estimate of drug-likeness (QED) is 0.767. The van der Waals surface area contributed by atoms with Crippen LogP contribution in [0.2, 0.25) is 0 Å². The first-order chi connectivity index (χ1) is 8.11. The van der Waals surface area contributed by atoms with Crippen LogP contribution in [0.3, 0.4) is 0 Å². The number of amides is 1. The molecule has 17 heavy (non-hydrogen) atoms. The van der Waals surface area contributed by atoms with E-state index in [0.717, 1.165) is 0 Å². The Kier molecular flexibility index (Phi) is 3.14. The maximum Gasteiger partial charge on any atom is 0.322 e. The van der Waals surface area contributed by atoms with E-state index in [1.165, 1.54) is 11.2 Å². The third kappa shape index (κ3) is 2.16. The molecule has 0 radical (unpaired) electrons. The number of carboxylic acids is 1. The Balaban J connectivity index is 2.15. The minimum atomic E-state index is -0.950. The number of nitrogens with zero attached hydrogens (tertiary/aromatic N) is 1. The molecule has 6 nitrogen and oxygen atoms in total. The number of rotatable bonds is 2. The summed E-state index contributed by atoms with van der Waals surface area (Å²) in [6, 6.07) is 2.07. The van der Waals surface area contributed by atoms with Gasteiger partial charge in [0.05, 0.1) is 12.3 Å². The summed E-state index contributed by atoms with van der Waals surface area (Å²) < 4.78 is 5.03. The number of hydrogen-bond acceptors (Lipinski definition) is 4. The standard InChI is InChI=1S/C11H14N2O4/c1-7-9(11(15)16)12-4-5-13(7)10(14)8-3-2-6-17-8/h2-3,6-7,9,12H,4-5H2,1H3,(H,15,16). The first kappa shape index (κ1) is 11.7. The molecule has 0 saturated carbocycles. The molecule has 1 aliphatic heterocycles. The van der Waals surface area contributed by atoms with Gasteiger partial charge in [-0.05, 0) is 19.1 Å². The van der Waals surface area contributed by atoms with Crippen LogP contribution in [-0.2, 0) is 4.79 Å². The number of carbonyl (C=O) groups excluding carboxylic acids is 1. The number of carboxylic acid groups (broad SMARTS) is 1. The Morgan fingerprint density at radius 2 is 2.35 bits per heavy atom. The molecule has 1 amide bonds. The Morgan fingerprint density at radius 3 is 2.94 bits per heavy atom. The van der Waals surface area contributed by atoms with Gasteiger partial charge in [-0.15, -0.1) is 0 Å². The molecule has 6 heteroatoms. The molecule has 0 aromatic carbocycles. The SMILES string of the molecule is CC1C(C(=O)O)NCCN1C(=O)c1ccco1. The molecule has 1 saturated heterocycles. The van der Waals surface area contributed by atoms with Crippen molar-refractivity contribution >= 4 is 11.9 Å². The van der Waals surface area contributed by atoms with Crippen molar-refractivity contribution in [3.63, 3.8) is 0 Å². The molecular formula is C11H14N2O4. The lowest BCUT2D eigenvalue weighted by Gasteiger charge is -2.37. The van der Waals surface area contributed by atoms with Crippen LogP contribution in [0.4, 0.5) is 0 Å². The summed E-state index contributed by atoms with van der Waals surface area (Å²) in [5.74, 6) is -0.979. The number of aliphatic carboxylic acids is 1. The van der Waals surface area contributed by atoms with Crippen LogP contribution in [0.5, 0.6) is 0 Å². The molecule has 0 aliphatic carbocycles. The summed E-state index contributed by atoms with van der Waals surface area (Å²) in [4.78, 5) is 24.6. The summed E-state index contributed by atoms with van der Waals surface area (Å²) in [7, 11) is 0. The molecule has 0 spiro atoms. The van der Waals surface area contributed by atoms with Crippen LogP contribution < -0.4 is 5.32 Å². The molecule has 2 heterocycles. The summed E-state index contributed by atoms with van der Waals surface area (Å²) in [5, 5.41) is 11.9. The van der Waals surface area contributed by atoms with Crippen molar-refractivity contribution in [2.75, 3.05) is 13.1 Å². The predicted molar refractivity (Wildman–Crippen MR) is 58.6 cm³/mol. The van der Waals surface area contributed by atoms with Gasteiger partial charge in [0, 0.05) is 13.1 Å². The molecule has 2 N–H and O–H groups in total. The van der Waals surface area contributed by atoms with Gasteiger partial charge in [-0.25, -0.2) is 0 Å². The summed E-state index contributed by atoms with van der Waals surface area (Å²) >= 11 is 0. The van der Waals surface area contributed by atoms with Gasteiger partial charge in [0.25, 0.3) is 5.91 Å². The Labute approximate surface area is 98.2 Å². The summed E-state index contributed by atoms with van der Waals surface area (Å²) in [6.07, 6.45) is 1.43. The first-order valence-corrected chi connectivity index (χ1v) is 5.42. The second-order valence-corrected chi connectivity index (χ2v) is 3.99. The lowest BCUT2D eigenvalue weighted by atomic mass is 10.1. The average Bonchev–Trinajstić information content (AvgIpc) is 2.81. The topological polar surface area (TPSA) is 82.8 Å². The van der Waals surface area contributed by atoms with Crippen LogP contribution in [-0.4, -0.2) is 47.1 Å². The number of hydrogen-bond donors (Lipinski definition) is 2. The molecule has 1 aromatic heterocycles. The van der Waals surface area contributed by atoms with Crippen LogP contribution in [0, 0.1) is 0 Å². The van der Waals surface area contributed by atoms with Crippen molar-refractivity contribution in [2.45, 2.75) is 19.0 Å². The van der Waals surface area contributed by atoms with E-state index >= 15 is 0 Å². The van der Waals surface area contributed by atoms with Gasteiger partial charge < -0.3 is 19.7 Å².